The molecule has 0 bridgehead atoms. The quantitative estimate of drug-likeness (QED) is 0.746. The molecule has 0 radical (unpaired) electrons. The molecule has 0 fully saturated rings. The second kappa shape index (κ2) is 12.1. The van der Waals surface area contributed by atoms with Crippen molar-refractivity contribution in [2.45, 2.75) is 39.5 Å². The zero-order valence-corrected chi connectivity index (χ0v) is 11.4. The van der Waals surface area contributed by atoms with Crippen LogP contribution in [0.5, 0.6) is 0 Å². The molecule has 0 saturated heterocycles. The molecule has 1 aromatic rings. The average Bonchev–Trinajstić information content (AvgIpc) is 2.40. The minimum atomic E-state index is -0.879. The van der Waals surface area contributed by atoms with Gasteiger partial charge in [0.15, 0.2) is 0 Å². The lowest BCUT2D eigenvalue weighted by molar-refractivity contribution is 0.0697. The minimum Gasteiger partial charge on any atom is -0.478 e. The van der Waals surface area contributed by atoms with Crippen LogP contribution < -0.4 is 0 Å². The Hall–Kier alpha value is -1.35. The maximum atomic E-state index is 10.2. The van der Waals surface area contributed by atoms with E-state index in [0.717, 1.165) is 13.2 Å². The highest BCUT2D eigenvalue weighted by molar-refractivity contribution is 5.87. The zero-order valence-electron chi connectivity index (χ0n) is 11.4. The molecule has 3 heteroatoms. The molecule has 1 aromatic carbocycles. The van der Waals surface area contributed by atoms with Gasteiger partial charge in [0.1, 0.15) is 0 Å². The summed E-state index contributed by atoms with van der Waals surface area (Å²) in [6, 6.07) is 8.30. The van der Waals surface area contributed by atoms with E-state index in [1.54, 1.807) is 30.3 Å². The Morgan fingerprint density at radius 1 is 1.06 bits per heavy atom. The first-order valence-electron chi connectivity index (χ1n) is 6.58. The Bertz CT molecular complexity index is 290. The van der Waals surface area contributed by atoms with E-state index < -0.39 is 5.97 Å². The summed E-state index contributed by atoms with van der Waals surface area (Å²) in [5.74, 6) is -0.879. The van der Waals surface area contributed by atoms with Gasteiger partial charge in [0, 0.05) is 13.2 Å². The summed E-state index contributed by atoms with van der Waals surface area (Å²) in [5.41, 5.74) is 0.331. The van der Waals surface area contributed by atoms with E-state index in [-0.39, 0.29) is 0 Å². The van der Waals surface area contributed by atoms with Crippen molar-refractivity contribution in [3.05, 3.63) is 35.9 Å². The lowest BCUT2D eigenvalue weighted by Crippen LogP contribution is -1.95. The van der Waals surface area contributed by atoms with E-state index in [2.05, 4.69) is 13.8 Å². The van der Waals surface area contributed by atoms with Gasteiger partial charge < -0.3 is 9.84 Å². The third kappa shape index (κ3) is 9.85. The number of hydrogen-bond donors (Lipinski definition) is 1. The van der Waals surface area contributed by atoms with Gasteiger partial charge in [0.25, 0.3) is 0 Å². The molecule has 0 aliphatic carbocycles. The zero-order chi connectivity index (χ0) is 13.6. The normalized spacial score (nSPS) is 9.44. The third-order valence-electron chi connectivity index (χ3n) is 2.31. The standard InChI is InChI=1S/C8H18O.C7H6O2/c1-3-5-7-9-8-6-4-2;8-7(9)6-4-2-1-3-5-6/h3-8H2,1-2H3;1-5H,(H,8,9). The summed E-state index contributed by atoms with van der Waals surface area (Å²) >= 11 is 0. The van der Waals surface area contributed by atoms with Gasteiger partial charge >= 0.3 is 5.97 Å². The van der Waals surface area contributed by atoms with Crippen molar-refractivity contribution in [1.29, 1.82) is 0 Å². The summed E-state index contributed by atoms with van der Waals surface area (Å²) < 4.78 is 5.31. The van der Waals surface area contributed by atoms with Crippen LogP contribution in [0.15, 0.2) is 30.3 Å². The van der Waals surface area contributed by atoms with Crippen molar-refractivity contribution in [1.82, 2.24) is 0 Å². The van der Waals surface area contributed by atoms with Crippen LogP contribution in [0, 0.1) is 0 Å². The molecule has 0 heterocycles. The molecule has 0 aliphatic rings. The molecule has 0 unspecified atom stereocenters. The minimum absolute atomic E-state index is 0.331. The largest absolute Gasteiger partial charge is 0.478 e. The van der Waals surface area contributed by atoms with Crippen LogP contribution in [0.1, 0.15) is 49.9 Å². The number of benzene rings is 1. The van der Waals surface area contributed by atoms with Crippen molar-refractivity contribution >= 4 is 5.97 Å². The molecular weight excluding hydrogens is 228 g/mol. The molecule has 18 heavy (non-hydrogen) atoms. The maximum Gasteiger partial charge on any atom is 0.335 e. The fraction of sp³-hybridized carbons (Fsp3) is 0.533. The number of carboxylic acids is 1. The van der Waals surface area contributed by atoms with Crippen LogP contribution in [0.3, 0.4) is 0 Å². The van der Waals surface area contributed by atoms with E-state index in [9.17, 15) is 4.79 Å². The van der Waals surface area contributed by atoms with Crippen molar-refractivity contribution in [2.75, 3.05) is 13.2 Å². The van der Waals surface area contributed by atoms with Crippen LogP contribution in [-0.4, -0.2) is 24.3 Å². The molecule has 102 valence electrons. The Balaban J connectivity index is 0.000000321. The number of carboxylic acid groups (broad SMARTS) is 1. The number of ether oxygens (including phenoxy) is 1. The fourth-order valence-corrected chi connectivity index (χ4v) is 1.18. The first-order chi connectivity index (χ1) is 8.72. The predicted octanol–water partition coefficient (Wildman–Crippen LogP) is 3.99. The van der Waals surface area contributed by atoms with Gasteiger partial charge in [0.05, 0.1) is 5.56 Å². The molecule has 1 N–H and O–H groups in total. The Labute approximate surface area is 110 Å². The molecule has 3 nitrogen and oxygen atoms in total. The van der Waals surface area contributed by atoms with E-state index in [1.807, 2.05) is 0 Å². The van der Waals surface area contributed by atoms with Gasteiger partial charge in [0.2, 0.25) is 0 Å². The van der Waals surface area contributed by atoms with Gasteiger partial charge in [-0.2, -0.15) is 0 Å². The number of hydrogen-bond acceptors (Lipinski definition) is 2. The molecule has 0 spiro atoms. The van der Waals surface area contributed by atoms with Crippen LogP contribution in [0.4, 0.5) is 0 Å². The third-order valence-corrected chi connectivity index (χ3v) is 2.31. The van der Waals surface area contributed by atoms with Crippen molar-refractivity contribution in [2.24, 2.45) is 0 Å². The molecule has 0 saturated carbocycles. The maximum absolute atomic E-state index is 10.2. The molecule has 0 atom stereocenters. The van der Waals surface area contributed by atoms with E-state index in [0.29, 0.717) is 5.56 Å². The van der Waals surface area contributed by atoms with Gasteiger partial charge in [-0.25, -0.2) is 4.79 Å². The SMILES string of the molecule is CCCCOCCCC.O=C(O)c1ccccc1. The molecule has 0 aliphatic heterocycles. The Morgan fingerprint density at radius 3 is 1.89 bits per heavy atom. The first kappa shape index (κ1) is 16.6. The predicted molar refractivity (Wildman–Crippen MR) is 74.0 cm³/mol. The van der Waals surface area contributed by atoms with Crippen molar-refractivity contribution in [3.8, 4) is 0 Å². The topological polar surface area (TPSA) is 46.5 Å². The van der Waals surface area contributed by atoms with Crippen molar-refractivity contribution < 1.29 is 14.6 Å². The smallest absolute Gasteiger partial charge is 0.335 e. The number of rotatable bonds is 7. The lowest BCUT2D eigenvalue weighted by atomic mass is 10.2. The summed E-state index contributed by atoms with van der Waals surface area (Å²) in [7, 11) is 0. The van der Waals surface area contributed by atoms with Crippen LogP contribution in [-0.2, 0) is 4.74 Å². The Kier molecular flexibility index (Phi) is 11.2. The molecular formula is C15H24O3. The second-order valence-electron chi connectivity index (χ2n) is 3.99. The molecule has 1 rings (SSSR count). The summed E-state index contributed by atoms with van der Waals surface area (Å²) in [4.78, 5) is 10.2. The summed E-state index contributed by atoms with van der Waals surface area (Å²) in [5, 5.41) is 8.38. The molecule has 0 amide bonds. The van der Waals surface area contributed by atoms with Gasteiger partial charge in [-0.3, -0.25) is 0 Å². The number of unbranched alkanes of at least 4 members (excludes halogenated alkanes) is 2. The highest BCUT2D eigenvalue weighted by atomic mass is 16.5. The van der Waals surface area contributed by atoms with E-state index in [1.165, 1.54) is 25.7 Å². The Morgan fingerprint density at radius 2 is 1.56 bits per heavy atom. The highest BCUT2D eigenvalue weighted by Crippen LogP contribution is 1.96. The molecule has 0 aromatic heterocycles. The average molecular weight is 252 g/mol. The first-order valence-corrected chi connectivity index (χ1v) is 6.58. The van der Waals surface area contributed by atoms with Crippen LogP contribution in [0.25, 0.3) is 0 Å². The summed E-state index contributed by atoms with van der Waals surface area (Å²) in [6.07, 6.45) is 4.91. The van der Waals surface area contributed by atoms with Gasteiger partial charge in [-0.1, -0.05) is 44.9 Å². The van der Waals surface area contributed by atoms with Crippen molar-refractivity contribution in [3.63, 3.8) is 0 Å². The van der Waals surface area contributed by atoms with Gasteiger partial charge in [-0.05, 0) is 25.0 Å². The summed E-state index contributed by atoms with van der Waals surface area (Å²) in [6.45, 7) is 6.28. The second-order valence-corrected chi connectivity index (χ2v) is 3.99. The van der Waals surface area contributed by atoms with Gasteiger partial charge in [-0.15, -0.1) is 0 Å². The van der Waals surface area contributed by atoms with E-state index in [4.69, 9.17) is 9.84 Å². The lowest BCUT2D eigenvalue weighted by Gasteiger charge is -1.99. The highest BCUT2D eigenvalue weighted by Gasteiger charge is 1.96. The fourth-order valence-electron chi connectivity index (χ4n) is 1.18. The monoisotopic (exact) mass is 252 g/mol. The van der Waals surface area contributed by atoms with Crippen LogP contribution >= 0.6 is 0 Å². The van der Waals surface area contributed by atoms with Crippen LogP contribution in [0.2, 0.25) is 0 Å². The van der Waals surface area contributed by atoms with E-state index >= 15 is 0 Å². The number of carbonyl (C=O) groups is 1. The number of aromatic carboxylic acids is 1.